The molecule has 2 nitrogen and oxygen atoms in total. The molecule has 0 fully saturated rings. The average molecular weight is 190 g/mol. The van der Waals surface area contributed by atoms with Gasteiger partial charge in [0.05, 0.1) is 12.0 Å². The highest BCUT2D eigenvalue weighted by molar-refractivity contribution is 7.95. The summed E-state index contributed by atoms with van der Waals surface area (Å²) >= 11 is 1.29. The maximum atomic E-state index is 11.0. The third kappa shape index (κ3) is 6.53. The molecule has 0 amide bonds. The van der Waals surface area contributed by atoms with E-state index in [1.54, 1.807) is 0 Å². The molecule has 0 aliphatic rings. The van der Waals surface area contributed by atoms with Gasteiger partial charge in [0.25, 0.3) is 0 Å². The number of rotatable bonds is 6. The summed E-state index contributed by atoms with van der Waals surface area (Å²) in [7, 11) is 0. The van der Waals surface area contributed by atoms with Gasteiger partial charge in [0.2, 0.25) is 0 Å². The highest BCUT2D eigenvalue weighted by atomic mass is 32.2. The van der Waals surface area contributed by atoms with Gasteiger partial charge in [0, 0.05) is 11.7 Å². The second-order valence-corrected chi connectivity index (χ2v) is 4.04. The van der Waals surface area contributed by atoms with E-state index in [9.17, 15) is 4.79 Å². The number of carbonyl (C=O) groups excluding carboxylic acids is 1. The van der Waals surface area contributed by atoms with Crippen molar-refractivity contribution in [3.05, 3.63) is 0 Å². The van der Waals surface area contributed by atoms with Gasteiger partial charge in [-0.05, 0) is 12.8 Å². The first-order chi connectivity index (χ1) is 5.70. The maximum Gasteiger partial charge on any atom is 0.317 e. The van der Waals surface area contributed by atoms with E-state index < -0.39 is 0 Å². The Balaban J connectivity index is 3.31. The fourth-order valence-electron chi connectivity index (χ4n) is 0.567. The SMILES string of the molecule is CCCCC(=O)OSC(C)CC. The second kappa shape index (κ2) is 7.47. The van der Waals surface area contributed by atoms with Crippen molar-refractivity contribution in [2.45, 2.75) is 51.7 Å². The maximum absolute atomic E-state index is 11.0. The van der Waals surface area contributed by atoms with Crippen LogP contribution in [0.25, 0.3) is 0 Å². The normalized spacial score (nSPS) is 12.6. The van der Waals surface area contributed by atoms with E-state index in [0.29, 0.717) is 11.7 Å². The lowest BCUT2D eigenvalue weighted by atomic mass is 10.3. The van der Waals surface area contributed by atoms with Crippen molar-refractivity contribution < 1.29 is 8.98 Å². The molecular weight excluding hydrogens is 172 g/mol. The Labute approximate surface area is 79.3 Å². The van der Waals surface area contributed by atoms with Gasteiger partial charge in [-0.3, -0.25) is 4.79 Å². The molecule has 12 heavy (non-hydrogen) atoms. The van der Waals surface area contributed by atoms with E-state index in [0.717, 1.165) is 19.3 Å². The highest BCUT2D eigenvalue weighted by Crippen LogP contribution is 2.15. The van der Waals surface area contributed by atoms with Gasteiger partial charge in [-0.25, -0.2) is 0 Å². The average Bonchev–Trinajstić information content (AvgIpc) is 2.10. The first kappa shape index (κ1) is 11.8. The Morgan fingerprint density at radius 1 is 1.50 bits per heavy atom. The second-order valence-electron chi connectivity index (χ2n) is 2.87. The van der Waals surface area contributed by atoms with Gasteiger partial charge in [0.15, 0.2) is 0 Å². The molecule has 0 aromatic heterocycles. The van der Waals surface area contributed by atoms with Gasteiger partial charge in [-0.1, -0.05) is 27.2 Å². The molecule has 0 aliphatic heterocycles. The Morgan fingerprint density at radius 3 is 2.67 bits per heavy atom. The van der Waals surface area contributed by atoms with E-state index in [1.807, 2.05) is 0 Å². The molecule has 72 valence electrons. The molecule has 1 atom stereocenters. The zero-order valence-corrected chi connectivity index (χ0v) is 8.95. The van der Waals surface area contributed by atoms with Crippen molar-refractivity contribution in [2.24, 2.45) is 0 Å². The third-order valence-corrected chi connectivity index (χ3v) is 2.56. The number of unbranched alkanes of at least 4 members (excludes halogenated alkanes) is 1. The molecule has 0 bridgehead atoms. The molecule has 1 unspecified atom stereocenters. The van der Waals surface area contributed by atoms with E-state index in [2.05, 4.69) is 20.8 Å². The lowest BCUT2D eigenvalue weighted by Crippen LogP contribution is -2.02. The van der Waals surface area contributed by atoms with Gasteiger partial charge in [-0.2, -0.15) is 0 Å². The van der Waals surface area contributed by atoms with Crippen LogP contribution in [0.5, 0.6) is 0 Å². The van der Waals surface area contributed by atoms with Crippen molar-refractivity contribution in [3.63, 3.8) is 0 Å². The predicted octanol–water partition coefficient (Wildman–Crippen LogP) is 3.17. The summed E-state index contributed by atoms with van der Waals surface area (Å²) in [4.78, 5) is 11.0. The van der Waals surface area contributed by atoms with Gasteiger partial charge in [0.1, 0.15) is 0 Å². The summed E-state index contributed by atoms with van der Waals surface area (Å²) in [5, 5.41) is 0.413. The van der Waals surface area contributed by atoms with Crippen LogP contribution in [0.3, 0.4) is 0 Å². The van der Waals surface area contributed by atoms with Crippen LogP contribution in [0.2, 0.25) is 0 Å². The van der Waals surface area contributed by atoms with Crippen molar-refractivity contribution in [1.29, 1.82) is 0 Å². The van der Waals surface area contributed by atoms with Gasteiger partial charge in [-0.15, -0.1) is 0 Å². The van der Waals surface area contributed by atoms with Crippen molar-refractivity contribution in [1.82, 2.24) is 0 Å². The monoisotopic (exact) mass is 190 g/mol. The van der Waals surface area contributed by atoms with Crippen LogP contribution in [-0.2, 0) is 8.98 Å². The lowest BCUT2D eigenvalue weighted by molar-refractivity contribution is -0.133. The van der Waals surface area contributed by atoms with Crippen LogP contribution >= 0.6 is 12.0 Å². The molecule has 3 heteroatoms. The molecule has 0 aromatic rings. The molecule has 0 spiro atoms. The van der Waals surface area contributed by atoms with Crippen LogP contribution in [0.15, 0.2) is 0 Å². The van der Waals surface area contributed by atoms with Crippen molar-refractivity contribution in [2.75, 3.05) is 0 Å². The van der Waals surface area contributed by atoms with Crippen LogP contribution in [-0.4, -0.2) is 11.2 Å². The summed E-state index contributed by atoms with van der Waals surface area (Å²) < 4.78 is 4.97. The molecule has 0 N–H and O–H groups in total. The first-order valence-corrected chi connectivity index (χ1v) is 5.37. The minimum Gasteiger partial charge on any atom is -0.391 e. The topological polar surface area (TPSA) is 26.3 Å². The largest absolute Gasteiger partial charge is 0.391 e. The van der Waals surface area contributed by atoms with E-state index in [-0.39, 0.29) is 5.97 Å². The summed E-state index contributed by atoms with van der Waals surface area (Å²) in [6, 6.07) is 0. The molecular formula is C9H18O2S. The van der Waals surface area contributed by atoms with Gasteiger partial charge >= 0.3 is 5.97 Å². The summed E-state index contributed by atoms with van der Waals surface area (Å²) in [5.74, 6) is -0.0813. The molecule has 0 radical (unpaired) electrons. The fourth-order valence-corrected chi connectivity index (χ4v) is 1.06. The van der Waals surface area contributed by atoms with E-state index in [1.165, 1.54) is 12.0 Å². The molecule has 0 saturated carbocycles. The standard InChI is InChI=1S/C9H18O2S/c1-4-6-7-9(10)11-12-8(3)5-2/h8H,4-7H2,1-3H3. The van der Waals surface area contributed by atoms with Crippen molar-refractivity contribution in [3.8, 4) is 0 Å². The van der Waals surface area contributed by atoms with Crippen LogP contribution in [0.4, 0.5) is 0 Å². The first-order valence-electron chi connectivity index (χ1n) is 4.56. The Kier molecular flexibility index (Phi) is 7.36. The molecule has 0 saturated heterocycles. The number of hydrogen-bond acceptors (Lipinski definition) is 3. The Bertz CT molecular complexity index is 126. The van der Waals surface area contributed by atoms with E-state index in [4.69, 9.17) is 4.18 Å². The van der Waals surface area contributed by atoms with Crippen molar-refractivity contribution >= 4 is 18.0 Å². The summed E-state index contributed by atoms with van der Waals surface area (Å²) in [6.45, 7) is 6.20. The fraction of sp³-hybridized carbons (Fsp3) is 0.889. The zero-order chi connectivity index (χ0) is 9.40. The minimum absolute atomic E-state index is 0.0813. The molecule has 0 aliphatic carbocycles. The molecule has 0 rings (SSSR count). The number of carbonyl (C=O) groups is 1. The molecule has 0 heterocycles. The smallest absolute Gasteiger partial charge is 0.317 e. The number of hydrogen-bond donors (Lipinski definition) is 0. The van der Waals surface area contributed by atoms with E-state index >= 15 is 0 Å². The zero-order valence-electron chi connectivity index (χ0n) is 8.13. The summed E-state index contributed by atoms with van der Waals surface area (Å²) in [6.07, 6.45) is 3.56. The van der Waals surface area contributed by atoms with Crippen LogP contribution < -0.4 is 0 Å². The van der Waals surface area contributed by atoms with Crippen LogP contribution in [0.1, 0.15) is 46.5 Å². The molecule has 0 aromatic carbocycles. The minimum atomic E-state index is -0.0813. The summed E-state index contributed by atoms with van der Waals surface area (Å²) in [5.41, 5.74) is 0. The Hall–Kier alpha value is -0.180. The predicted molar refractivity (Wildman–Crippen MR) is 53.0 cm³/mol. The van der Waals surface area contributed by atoms with Crippen LogP contribution in [0, 0.1) is 0 Å². The quantitative estimate of drug-likeness (QED) is 0.602. The Morgan fingerprint density at radius 2 is 2.17 bits per heavy atom. The van der Waals surface area contributed by atoms with Gasteiger partial charge < -0.3 is 4.18 Å². The highest BCUT2D eigenvalue weighted by Gasteiger charge is 2.06. The lowest BCUT2D eigenvalue weighted by Gasteiger charge is -2.06. The third-order valence-electron chi connectivity index (χ3n) is 1.61.